The summed E-state index contributed by atoms with van der Waals surface area (Å²) >= 11 is 0. The lowest BCUT2D eigenvalue weighted by Gasteiger charge is -2.12. The Bertz CT molecular complexity index is 865. The summed E-state index contributed by atoms with van der Waals surface area (Å²) in [6.07, 6.45) is 4.51. The Labute approximate surface area is 150 Å². The Morgan fingerprint density at radius 1 is 1.23 bits per heavy atom. The Hall–Kier alpha value is -2.62. The molecule has 2 aliphatic rings. The van der Waals surface area contributed by atoms with Crippen LogP contribution >= 0.6 is 0 Å². The van der Waals surface area contributed by atoms with Crippen molar-refractivity contribution < 1.29 is 27.2 Å². The molecule has 1 atom stereocenters. The summed E-state index contributed by atoms with van der Waals surface area (Å²) in [5, 5.41) is 0.101. The SMILES string of the molecule is COc1ccnc(CS(=O)C2=NC3=CC=C(OC(F)F)CC3=N2)c1OC. The smallest absolute Gasteiger partial charge is 0.387 e. The zero-order chi connectivity index (χ0) is 18.7. The number of hydrogen-bond donors (Lipinski definition) is 0. The lowest BCUT2D eigenvalue weighted by atomic mass is 10.1. The van der Waals surface area contributed by atoms with Gasteiger partial charge in [0.25, 0.3) is 0 Å². The van der Waals surface area contributed by atoms with Crippen LogP contribution in [0.1, 0.15) is 12.1 Å². The zero-order valence-electron chi connectivity index (χ0n) is 13.9. The molecular weight excluding hydrogens is 368 g/mol. The monoisotopic (exact) mass is 383 g/mol. The highest BCUT2D eigenvalue weighted by atomic mass is 32.2. The Morgan fingerprint density at radius 2 is 2.04 bits per heavy atom. The van der Waals surface area contributed by atoms with E-state index < -0.39 is 17.4 Å². The van der Waals surface area contributed by atoms with Crippen molar-refractivity contribution in [2.75, 3.05) is 14.2 Å². The van der Waals surface area contributed by atoms with Gasteiger partial charge in [-0.2, -0.15) is 8.78 Å². The molecule has 0 aromatic carbocycles. The first-order valence-electron chi connectivity index (χ1n) is 7.48. The first-order chi connectivity index (χ1) is 12.5. The molecule has 2 heterocycles. The third kappa shape index (κ3) is 3.79. The van der Waals surface area contributed by atoms with Gasteiger partial charge in [0.15, 0.2) is 11.5 Å². The normalized spacial score (nSPS) is 17.0. The number of amidine groups is 1. The lowest BCUT2D eigenvalue weighted by Crippen LogP contribution is -2.10. The van der Waals surface area contributed by atoms with E-state index in [1.807, 2.05) is 0 Å². The summed E-state index contributed by atoms with van der Waals surface area (Å²) in [5.41, 5.74) is 1.37. The number of nitrogens with zero attached hydrogens (tertiary/aromatic N) is 3. The van der Waals surface area contributed by atoms with Gasteiger partial charge in [-0.15, -0.1) is 0 Å². The molecule has 138 valence electrons. The molecule has 1 aliphatic heterocycles. The van der Waals surface area contributed by atoms with Gasteiger partial charge in [-0.1, -0.05) is 0 Å². The predicted molar refractivity (Wildman–Crippen MR) is 91.9 cm³/mol. The van der Waals surface area contributed by atoms with E-state index in [-0.39, 0.29) is 23.1 Å². The van der Waals surface area contributed by atoms with Gasteiger partial charge in [0.2, 0.25) is 5.17 Å². The molecule has 3 rings (SSSR count). The largest absolute Gasteiger partial charge is 0.493 e. The number of hydrogen-bond acceptors (Lipinski definition) is 7. The number of fused-ring (bicyclic) bond motifs is 1. The second-order valence-corrected chi connectivity index (χ2v) is 6.52. The first kappa shape index (κ1) is 18.2. The van der Waals surface area contributed by atoms with Crippen LogP contribution in [0.4, 0.5) is 8.78 Å². The van der Waals surface area contributed by atoms with Crippen LogP contribution in [0.15, 0.2) is 45.9 Å². The van der Waals surface area contributed by atoms with Gasteiger partial charge in [-0.05, 0) is 12.2 Å². The molecule has 10 heteroatoms. The molecule has 7 nitrogen and oxygen atoms in total. The fraction of sp³-hybridized carbons (Fsp3) is 0.312. The summed E-state index contributed by atoms with van der Waals surface area (Å²) in [7, 11) is 1.37. The van der Waals surface area contributed by atoms with Gasteiger partial charge in [0.1, 0.15) is 5.76 Å². The van der Waals surface area contributed by atoms with E-state index >= 15 is 0 Å². The summed E-state index contributed by atoms with van der Waals surface area (Å²) < 4.78 is 52.1. The molecule has 0 radical (unpaired) electrons. The predicted octanol–water partition coefficient (Wildman–Crippen LogP) is 2.57. The highest BCUT2D eigenvalue weighted by Gasteiger charge is 2.26. The third-order valence-corrected chi connectivity index (χ3v) is 4.71. The maximum absolute atomic E-state index is 12.6. The van der Waals surface area contributed by atoms with E-state index in [1.54, 1.807) is 6.07 Å². The van der Waals surface area contributed by atoms with E-state index in [9.17, 15) is 13.0 Å². The van der Waals surface area contributed by atoms with Crippen LogP contribution in [-0.2, 0) is 21.3 Å². The highest BCUT2D eigenvalue weighted by molar-refractivity contribution is 7.99. The molecule has 0 saturated carbocycles. The van der Waals surface area contributed by atoms with Crippen molar-refractivity contribution in [3.63, 3.8) is 0 Å². The molecule has 1 aromatic heterocycles. The van der Waals surface area contributed by atoms with Gasteiger partial charge in [0, 0.05) is 12.3 Å². The number of aliphatic imine (C=N–C) groups is 2. The number of pyridine rings is 1. The minimum atomic E-state index is -2.90. The summed E-state index contributed by atoms with van der Waals surface area (Å²) in [5.74, 6) is 0.974. The van der Waals surface area contributed by atoms with Crippen LogP contribution in [0.5, 0.6) is 11.5 Å². The quantitative estimate of drug-likeness (QED) is 0.754. The minimum absolute atomic E-state index is 0.0249. The average molecular weight is 383 g/mol. The number of methoxy groups -OCH3 is 2. The van der Waals surface area contributed by atoms with Crippen LogP contribution in [-0.4, -0.2) is 40.9 Å². The number of alkyl halides is 2. The fourth-order valence-electron chi connectivity index (χ4n) is 2.46. The summed E-state index contributed by atoms with van der Waals surface area (Å²) in [6.45, 7) is -2.90. The zero-order valence-corrected chi connectivity index (χ0v) is 14.8. The summed E-state index contributed by atoms with van der Waals surface area (Å²) in [4.78, 5) is 12.6. The molecule has 1 aromatic rings. The second-order valence-electron chi connectivity index (χ2n) is 5.18. The van der Waals surface area contributed by atoms with Crippen LogP contribution in [0.3, 0.4) is 0 Å². The molecule has 1 aliphatic carbocycles. The van der Waals surface area contributed by atoms with Gasteiger partial charge in [-0.3, -0.25) is 9.19 Å². The molecule has 0 spiro atoms. The molecule has 0 N–H and O–H groups in total. The van der Waals surface area contributed by atoms with E-state index in [2.05, 4.69) is 19.7 Å². The maximum atomic E-state index is 12.6. The molecule has 1 unspecified atom stereocenters. The van der Waals surface area contributed by atoms with Crippen molar-refractivity contribution >= 4 is 21.7 Å². The molecule has 0 amide bonds. The number of rotatable bonds is 6. The van der Waals surface area contributed by atoms with E-state index in [1.165, 1.54) is 32.6 Å². The number of halogens is 2. The summed E-state index contributed by atoms with van der Waals surface area (Å²) in [6, 6.07) is 1.63. The van der Waals surface area contributed by atoms with Crippen molar-refractivity contribution in [2.45, 2.75) is 18.8 Å². The highest BCUT2D eigenvalue weighted by Crippen LogP contribution is 2.31. The Balaban J connectivity index is 1.75. The minimum Gasteiger partial charge on any atom is -0.493 e. The number of ether oxygens (including phenoxy) is 3. The van der Waals surface area contributed by atoms with E-state index in [0.717, 1.165) is 0 Å². The van der Waals surface area contributed by atoms with Crippen LogP contribution in [0, 0.1) is 0 Å². The first-order valence-corrected chi connectivity index (χ1v) is 8.80. The molecular formula is C16H15F2N3O4S. The van der Waals surface area contributed by atoms with Gasteiger partial charge < -0.3 is 14.2 Å². The van der Waals surface area contributed by atoms with E-state index in [0.29, 0.717) is 28.6 Å². The van der Waals surface area contributed by atoms with Crippen molar-refractivity contribution in [1.82, 2.24) is 4.98 Å². The fourth-order valence-corrected chi connectivity index (χ4v) is 3.46. The topological polar surface area (TPSA) is 82.4 Å². The van der Waals surface area contributed by atoms with Crippen molar-refractivity contribution in [3.05, 3.63) is 41.6 Å². The molecule has 0 saturated heterocycles. The van der Waals surface area contributed by atoms with Crippen molar-refractivity contribution in [2.24, 2.45) is 9.98 Å². The van der Waals surface area contributed by atoms with Crippen LogP contribution in [0.25, 0.3) is 0 Å². The van der Waals surface area contributed by atoms with Crippen molar-refractivity contribution in [1.29, 1.82) is 0 Å². The Morgan fingerprint density at radius 3 is 2.73 bits per heavy atom. The second kappa shape index (κ2) is 7.73. The standard InChI is InChI=1S/C16H15F2N3O4S/c1-23-13-5-6-19-12(14(13)24-2)8-26(22)16-20-10-4-3-9(25-15(17)18)7-11(10)21-16/h3-6,15H,7-8H2,1-2H3. The molecule has 0 fully saturated rings. The van der Waals surface area contributed by atoms with Crippen LogP contribution in [0.2, 0.25) is 0 Å². The van der Waals surface area contributed by atoms with Crippen molar-refractivity contribution in [3.8, 4) is 11.5 Å². The third-order valence-electron chi connectivity index (χ3n) is 3.59. The average Bonchev–Trinajstić information content (AvgIpc) is 3.04. The maximum Gasteiger partial charge on any atom is 0.387 e. The lowest BCUT2D eigenvalue weighted by molar-refractivity contribution is -0.0967. The van der Waals surface area contributed by atoms with Gasteiger partial charge in [0.05, 0.1) is 54.3 Å². The van der Waals surface area contributed by atoms with Crippen LogP contribution < -0.4 is 9.47 Å². The van der Waals surface area contributed by atoms with Gasteiger partial charge >= 0.3 is 6.61 Å². The number of allylic oxidation sites excluding steroid dienone is 4. The Kier molecular flexibility index (Phi) is 5.40. The van der Waals surface area contributed by atoms with E-state index in [4.69, 9.17) is 9.47 Å². The molecule has 0 bridgehead atoms. The molecule has 26 heavy (non-hydrogen) atoms. The van der Waals surface area contributed by atoms with Gasteiger partial charge in [-0.25, -0.2) is 9.98 Å². The number of aromatic nitrogens is 1.